The first-order chi connectivity index (χ1) is 5.17. The molecule has 5 nitrogen and oxygen atoms in total. The Morgan fingerprint density at radius 3 is 2.25 bits per heavy atom. The molecule has 72 valence electrons. The standard InChI is InChI=1S/C3H3F2IO5S/c4-3(5,12(8,9)10)1-11-2(6)7/h1H2,(H,8,9,10). The van der Waals surface area contributed by atoms with Gasteiger partial charge >= 0.3 is 19.3 Å². The molecule has 0 fully saturated rings. The molecular weight excluding hydrogens is 313 g/mol. The Kier molecular flexibility index (Phi) is 3.78. The van der Waals surface area contributed by atoms with E-state index in [4.69, 9.17) is 4.55 Å². The summed E-state index contributed by atoms with van der Waals surface area (Å²) in [7, 11) is -5.51. The largest absolute Gasteiger partial charge is 0.450 e. The molecule has 0 spiro atoms. The average Bonchev–Trinajstić information content (AvgIpc) is 1.81. The van der Waals surface area contributed by atoms with E-state index in [-0.39, 0.29) is 0 Å². The lowest BCUT2D eigenvalue weighted by Crippen LogP contribution is -2.33. The van der Waals surface area contributed by atoms with Crippen LogP contribution in [0, 0.1) is 0 Å². The molecule has 0 saturated carbocycles. The average molecular weight is 316 g/mol. The van der Waals surface area contributed by atoms with Gasteiger partial charge in [0, 0.05) is 0 Å². The third kappa shape index (κ3) is 3.58. The second kappa shape index (κ2) is 3.79. The van der Waals surface area contributed by atoms with Crippen LogP contribution in [-0.4, -0.2) is 28.8 Å². The zero-order chi connectivity index (χ0) is 9.99. The SMILES string of the molecule is O=C(I)OCC(F)(F)S(=O)(=O)O. The number of hydrogen-bond acceptors (Lipinski definition) is 4. The van der Waals surface area contributed by atoms with Gasteiger partial charge in [-0.2, -0.15) is 17.2 Å². The molecule has 0 unspecified atom stereocenters. The Balaban J connectivity index is 4.35. The lowest BCUT2D eigenvalue weighted by Gasteiger charge is -2.10. The van der Waals surface area contributed by atoms with Gasteiger partial charge in [-0.05, 0) is 0 Å². The molecule has 0 saturated heterocycles. The van der Waals surface area contributed by atoms with Crippen LogP contribution in [0.3, 0.4) is 0 Å². The van der Waals surface area contributed by atoms with Crippen molar-refractivity contribution in [2.75, 3.05) is 6.61 Å². The van der Waals surface area contributed by atoms with Crippen LogP contribution in [0.5, 0.6) is 0 Å². The predicted octanol–water partition coefficient (Wildman–Crippen LogP) is 1.04. The van der Waals surface area contributed by atoms with Gasteiger partial charge in [0.2, 0.25) is 0 Å². The molecule has 0 bridgehead atoms. The molecule has 0 amide bonds. The Morgan fingerprint density at radius 1 is 1.58 bits per heavy atom. The molecular formula is C3H3F2IO5S. The van der Waals surface area contributed by atoms with E-state index in [1.165, 1.54) is 0 Å². The highest BCUT2D eigenvalue weighted by atomic mass is 127. The van der Waals surface area contributed by atoms with Gasteiger partial charge in [-0.25, -0.2) is 4.79 Å². The fraction of sp³-hybridized carbons (Fsp3) is 0.667. The van der Waals surface area contributed by atoms with Crippen molar-refractivity contribution in [2.24, 2.45) is 0 Å². The Bertz CT molecular complexity index is 272. The highest BCUT2D eigenvalue weighted by Crippen LogP contribution is 2.20. The topological polar surface area (TPSA) is 80.7 Å². The molecule has 0 atom stereocenters. The third-order valence-electron chi connectivity index (χ3n) is 0.731. The first-order valence-electron chi connectivity index (χ1n) is 2.34. The smallest absolute Gasteiger partial charge is 0.402 e. The summed E-state index contributed by atoms with van der Waals surface area (Å²) in [6, 6.07) is 0. The maximum absolute atomic E-state index is 12.2. The zero-order valence-electron chi connectivity index (χ0n) is 5.33. The second-order valence-electron chi connectivity index (χ2n) is 1.64. The van der Waals surface area contributed by atoms with Crippen molar-refractivity contribution < 1.29 is 31.3 Å². The molecule has 0 aliphatic rings. The number of halogens is 3. The summed E-state index contributed by atoms with van der Waals surface area (Å²) in [5, 5.41) is -4.45. The lowest BCUT2D eigenvalue weighted by atomic mass is 10.8. The molecule has 0 radical (unpaired) electrons. The van der Waals surface area contributed by atoms with Crippen LogP contribution in [-0.2, 0) is 14.9 Å². The fourth-order valence-electron chi connectivity index (χ4n) is 0.215. The molecule has 0 aromatic rings. The zero-order valence-corrected chi connectivity index (χ0v) is 8.30. The van der Waals surface area contributed by atoms with Crippen molar-refractivity contribution in [2.45, 2.75) is 5.25 Å². The van der Waals surface area contributed by atoms with Gasteiger partial charge in [-0.15, -0.1) is 0 Å². The van der Waals surface area contributed by atoms with Gasteiger partial charge in [-0.1, -0.05) is 0 Å². The first kappa shape index (κ1) is 12.0. The number of carbonyl (C=O) groups excluding carboxylic acids is 1. The van der Waals surface area contributed by atoms with Crippen LogP contribution in [0.25, 0.3) is 0 Å². The summed E-state index contributed by atoms with van der Waals surface area (Å²) in [6.07, 6.45) is 0. The summed E-state index contributed by atoms with van der Waals surface area (Å²) in [6.45, 7) is -1.69. The predicted molar refractivity (Wildman–Crippen MR) is 41.9 cm³/mol. The Morgan fingerprint density at radius 2 is 2.00 bits per heavy atom. The molecule has 9 heteroatoms. The van der Waals surface area contributed by atoms with Crippen molar-refractivity contribution in [3.05, 3.63) is 0 Å². The summed E-state index contributed by atoms with van der Waals surface area (Å²) in [4.78, 5) is 9.97. The molecule has 0 aromatic carbocycles. The second-order valence-corrected chi connectivity index (χ2v) is 4.07. The molecule has 0 aliphatic heterocycles. The van der Waals surface area contributed by atoms with E-state index >= 15 is 0 Å². The summed E-state index contributed by atoms with van der Waals surface area (Å²) in [5.41, 5.74) is 0. The minimum absolute atomic E-state index is 1.04. The van der Waals surface area contributed by atoms with Crippen molar-refractivity contribution in [1.29, 1.82) is 0 Å². The first-order valence-corrected chi connectivity index (χ1v) is 4.86. The van der Waals surface area contributed by atoms with Gasteiger partial charge in [0.25, 0.3) is 0 Å². The van der Waals surface area contributed by atoms with Gasteiger partial charge < -0.3 is 4.74 Å². The van der Waals surface area contributed by atoms with Crippen LogP contribution in [0.2, 0.25) is 0 Å². The van der Waals surface area contributed by atoms with Gasteiger partial charge in [0.1, 0.15) is 0 Å². The van der Waals surface area contributed by atoms with Crippen molar-refractivity contribution in [3.63, 3.8) is 0 Å². The minimum atomic E-state index is -5.51. The van der Waals surface area contributed by atoms with E-state index in [0.29, 0.717) is 0 Å². The molecule has 0 aliphatic carbocycles. The number of rotatable bonds is 3. The maximum atomic E-state index is 12.2. The fourth-order valence-corrected chi connectivity index (χ4v) is 0.579. The van der Waals surface area contributed by atoms with E-state index in [1.807, 2.05) is 0 Å². The number of carbonyl (C=O) groups is 1. The molecule has 0 rings (SSSR count). The highest BCUT2D eigenvalue weighted by molar-refractivity contribution is 14.1. The van der Waals surface area contributed by atoms with Gasteiger partial charge in [0.15, 0.2) is 6.61 Å². The molecule has 0 aromatic heterocycles. The van der Waals surface area contributed by atoms with E-state index in [0.717, 1.165) is 22.6 Å². The summed E-state index contributed by atoms with van der Waals surface area (Å²) in [5.74, 6) is 0. The lowest BCUT2D eigenvalue weighted by molar-refractivity contribution is 0.0156. The summed E-state index contributed by atoms with van der Waals surface area (Å²) < 4.78 is 54.6. The molecule has 12 heavy (non-hydrogen) atoms. The Hall–Kier alpha value is -0.0300. The summed E-state index contributed by atoms with van der Waals surface area (Å²) >= 11 is 1.04. The molecule has 1 N–H and O–H groups in total. The van der Waals surface area contributed by atoms with E-state index in [2.05, 4.69) is 4.74 Å². The van der Waals surface area contributed by atoms with Crippen LogP contribution in [0.4, 0.5) is 13.6 Å². The van der Waals surface area contributed by atoms with Crippen LogP contribution in [0.1, 0.15) is 0 Å². The van der Waals surface area contributed by atoms with E-state index in [9.17, 15) is 22.0 Å². The normalized spacial score (nSPS) is 12.7. The van der Waals surface area contributed by atoms with Crippen molar-refractivity contribution in [1.82, 2.24) is 0 Å². The minimum Gasteiger partial charge on any atom is -0.450 e. The maximum Gasteiger partial charge on any atom is 0.402 e. The monoisotopic (exact) mass is 316 g/mol. The quantitative estimate of drug-likeness (QED) is 0.478. The number of hydrogen-bond donors (Lipinski definition) is 1. The number of ether oxygens (including phenoxy) is 1. The molecule has 0 heterocycles. The van der Waals surface area contributed by atoms with Crippen LogP contribution in [0.15, 0.2) is 0 Å². The van der Waals surface area contributed by atoms with Crippen LogP contribution >= 0.6 is 22.6 Å². The van der Waals surface area contributed by atoms with Crippen molar-refractivity contribution in [3.8, 4) is 0 Å². The van der Waals surface area contributed by atoms with Gasteiger partial charge in [0.05, 0.1) is 22.6 Å². The Labute approximate surface area is 80.0 Å². The highest BCUT2D eigenvalue weighted by Gasteiger charge is 2.45. The van der Waals surface area contributed by atoms with Crippen LogP contribution < -0.4 is 0 Å². The third-order valence-corrected chi connectivity index (χ3v) is 1.92. The van der Waals surface area contributed by atoms with Crippen molar-refractivity contribution >= 4 is 36.7 Å². The van der Waals surface area contributed by atoms with E-state index in [1.54, 1.807) is 0 Å². The number of alkyl halides is 2. The van der Waals surface area contributed by atoms with E-state index < -0.39 is 26.0 Å². The van der Waals surface area contributed by atoms with Gasteiger partial charge in [-0.3, -0.25) is 4.55 Å².